The molecule has 0 heterocycles. The van der Waals surface area contributed by atoms with Crippen LogP contribution in [0.4, 0.5) is 4.39 Å². The van der Waals surface area contributed by atoms with Crippen LogP contribution in [0.2, 0.25) is 0 Å². The van der Waals surface area contributed by atoms with Crippen molar-refractivity contribution in [2.75, 3.05) is 7.11 Å². The molecular weight excluding hydrogens is 181 g/mol. The first-order valence-corrected chi connectivity index (χ1v) is 4.39. The van der Waals surface area contributed by atoms with E-state index >= 15 is 0 Å². The van der Waals surface area contributed by atoms with E-state index in [1.54, 1.807) is 6.07 Å². The Labute approximate surface area is 82.9 Å². The third-order valence-corrected chi connectivity index (χ3v) is 2.12. The fraction of sp³-hybridized carbons (Fsp3) is 0.364. The maximum absolute atomic E-state index is 13.2. The number of halogens is 1. The highest BCUT2D eigenvalue weighted by Gasteiger charge is 2.06. The molecule has 0 fully saturated rings. The molecule has 2 nitrogen and oxygen atoms in total. The van der Waals surface area contributed by atoms with Crippen molar-refractivity contribution < 1.29 is 9.13 Å². The van der Waals surface area contributed by atoms with Gasteiger partial charge in [-0.25, -0.2) is 4.39 Å². The molecule has 0 amide bonds. The highest BCUT2D eigenvalue weighted by molar-refractivity contribution is 5.36. The number of rotatable bonds is 3. The number of aryl methyl sites for hydroxylation is 2. The minimum Gasteiger partial charge on any atom is -0.494 e. The molecule has 0 spiro atoms. The van der Waals surface area contributed by atoms with Crippen LogP contribution in [0.3, 0.4) is 0 Å². The van der Waals surface area contributed by atoms with E-state index in [9.17, 15) is 4.39 Å². The quantitative estimate of drug-likeness (QED) is 0.739. The summed E-state index contributed by atoms with van der Waals surface area (Å²) < 4.78 is 18.1. The predicted molar refractivity (Wildman–Crippen MR) is 51.6 cm³/mol. The van der Waals surface area contributed by atoms with Crippen molar-refractivity contribution in [1.29, 1.82) is 5.26 Å². The topological polar surface area (TPSA) is 33.0 Å². The van der Waals surface area contributed by atoms with Gasteiger partial charge in [0, 0.05) is 6.42 Å². The Balaban J connectivity index is 2.97. The van der Waals surface area contributed by atoms with E-state index < -0.39 is 0 Å². The molecule has 0 bridgehead atoms. The van der Waals surface area contributed by atoms with Crippen LogP contribution in [-0.2, 0) is 6.42 Å². The van der Waals surface area contributed by atoms with Crippen LogP contribution in [0, 0.1) is 24.1 Å². The summed E-state index contributed by atoms with van der Waals surface area (Å²) in [6.45, 7) is 1.88. The average Bonchev–Trinajstić information content (AvgIpc) is 2.18. The lowest BCUT2D eigenvalue weighted by Crippen LogP contribution is -1.95. The summed E-state index contributed by atoms with van der Waals surface area (Å²) in [5.41, 5.74) is 1.82. The van der Waals surface area contributed by atoms with Crippen molar-refractivity contribution >= 4 is 0 Å². The molecule has 74 valence electrons. The molecule has 0 N–H and O–H groups in total. The number of hydrogen-bond acceptors (Lipinski definition) is 2. The molecule has 1 aromatic rings. The van der Waals surface area contributed by atoms with Crippen molar-refractivity contribution in [2.45, 2.75) is 19.8 Å². The van der Waals surface area contributed by atoms with Gasteiger partial charge in [0.15, 0.2) is 11.6 Å². The first-order chi connectivity index (χ1) is 6.69. The van der Waals surface area contributed by atoms with Crippen molar-refractivity contribution in [3.05, 3.63) is 29.1 Å². The van der Waals surface area contributed by atoms with E-state index in [4.69, 9.17) is 10.00 Å². The lowest BCUT2D eigenvalue weighted by Gasteiger charge is -2.07. The molecule has 0 aromatic heterocycles. The molecule has 0 aliphatic heterocycles. The van der Waals surface area contributed by atoms with Crippen LogP contribution in [0.1, 0.15) is 17.5 Å². The maximum Gasteiger partial charge on any atom is 0.165 e. The van der Waals surface area contributed by atoms with Gasteiger partial charge in [-0.05, 0) is 36.6 Å². The number of benzene rings is 1. The van der Waals surface area contributed by atoms with Gasteiger partial charge in [0.2, 0.25) is 0 Å². The summed E-state index contributed by atoms with van der Waals surface area (Å²) >= 11 is 0. The van der Waals surface area contributed by atoms with E-state index in [-0.39, 0.29) is 11.6 Å². The summed E-state index contributed by atoms with van der Waals surface area (Å²) in [5, 5.41) is 8.42. The molecule has 0 radical (unpaired) electrons. The highest BCUT2D eigenvalue weighted by Crippen LogP contribution is 2.22. The van der Waals surface area contributed by atoms with Gasteiger partial charge in [-0.1, -0.05) is 0 Å². The maximum atomic E-state index is 13.2. The number of ether oxygens (including phenoxy) is 1. The second-order valence-corrected chi connectivity index (χ2v) is 3.07. The Morgan fingerprint density at radius 3 is 2.79 bits per heavy atom. The van der Waals surface area contributed by atoms with Crippen molar-refractivity contribution in [1.82, 2.24) is 0 Å². The Morgan fingerprint density at radius 2 is 2.21 bits per heavy atom. The molecule has 1 aromatic carbocycles. The number of nitrogens with zero attached hydrogens (tertiary/aromatic N) is 1. The lowest BCUT2D eigenvalue weighted by atomic mass is 10.0. The molecular formula is C11H12FNO. The van der Waals surface area contributed by atoms with Crippen LogP contribution < -0.4 is 4.74 Å². The van der Waals surface area contributed by atoms with Gasteiger partial charge in [-0.15, -0.1) is 0 Å². The second-order valence-electron chi connectivity index (χ2n) is 3.07. The molecule has 0 unspecified atom stereocenters. The van der Waals surface area contributed by atoms with Gasteiger partial charge >= 0.3 is 0 Å². The number of nitriles is 1. The van der Waals surface area contributed by atoms with Crippen LogP contribution in [0.25, 0.3) is 0 Å². The number of methoxy groups -OCH3 is 1. The fourth-order valence-electron chi connectivity index (χ4n) is 1.31. The SMILES string of the molecule is COc1cc(C)c(CCC#N)cc1F. The molecule has 3 heteroatoms. The Kier molecular flexibility index (Phi) is 3.47. The summed E-state index contributed by atoms with van der Waals surface area (Å²) in [6, 6.07) is 5.13. The smallest absolute Gasteiger partial charge is 0.165 e. The summed E-state index contributed by atoms with van der Waals surface area (Å²) in [7, 11) is 1.44. The summed E-state index contributed by atoms with van der Waals surface area (Å²) in [4.78, 5) is 0. The summed E-state index contributed by atoms with van der Waals surface area (Å²) in [5.74, 6) is -0.116. The third kappa shape index (κ3) is 2.23. The first kappa shape index (κ1) is 10.5. The van der Waals surface area contributed by atoms with E-state index in [0.717, 1.165) is 11.1 Å². The Morgan fingerprint density at radius 1 is 1.50 bits per heavy atom. The van der Waals surface area contributed by atoms with Gasteiger partial charge in [0.05, 0.1) is 13.2 Å². The molecule has 0 saturated heterocycles. The molecule has 0 aliphatic carbocycles. The minimum absolute atomic E-state index is 0.253. The Bertz CT molecular complexity index is 368. The minimum atomic E-state index is -0.369. The zero-order chi connectivity index (χ0) is 10.6. The normalized spacial score (nSPS) is 9.57. The van der Waals surface area contributed by atoms with E-state index in [0.29, 0.717) is 12.8 Å². The van der Waals surface area contributed by atoms with Gasteiger partial charge in [0.25, 0.3) is 0 Å². The van der Waals surface area contributed by atoms with Crippen LogP contribution >= 0.6 is 0 Å². The largest absolute Gasteiger partial charge is 0.494 e. The van der Waals surface area contributed by atoms with Crippen molar-refractivity contribution in [3.63, 3.8) is 0 Å². The van der Waals surface area contributed by atoms with Crippen LogP contribution in [0.15, 0.2) is 12.1 Å². The fourth-order valence-corrected chi connectivity index (χ4v) is 1.31. The van der Waals surface area contributed by atoms with Crippen LogP contribution in [-0.4, -0.2) is 7.11 Å². The van der Waals surface area contributed by atoms with Crippen molar-refractivity contribution in [3.8, 4) is 11.8 Å². The van der Waals surface area contributed by atoms with E-state index in [1.807, 2.05) is 13.0 Å². The van der Waals surface area contributed by atoms with Gasteiger partial charge in [-0.3, -0.25) is 0 Å². The predicted octanol–water partition coefficient (Wildman–Crippen LogP) is 2.60. The molecule has 0 saturated carbocycles. The lowest BCUT2D eigenvalue weighted by molar-refractivity contribution is 0.385. The Hall–Kier alpha value is -1.56. The highest BCUT2D eigenvalue weighted by atomic mass is 19.1. The zero-order valence-electron chi connectivity index (χ0n) is 8.30. The number of hydrogen-bond donors (Lipinski definition) is 0. The summed E-state index contributed by atoms with van der Waals surface area (Å²) in [6.07, 6.45) is 0.996. The van der Waals surface area contributed by atoms with Gasteiger partial charge in [-0.2, -0.15) is 5.26 Å². The standard InChI is InChI=1S/C11H12FNO/c1-8-6-11(14-2)10(12)7-9(8)4-3-5-13/h6-7H,3-4H2,1-2H3. The van der Waals surface area contributed by atoms with E-state index in [1.165, 1.54) is 13.2 Å². The zero-order valence-corrected chi connectivity index (χ0v) is 8.30. The molecule has 0 aliphatic rings. The first-order valence-electron chi connectivity index (χ1n) is 4.39. The van der Waals surface area contributed by atoms with Crippen molar-refractivity contribution in [2.24, 2.45) is 0 Å². The molecule has 14 heavy (non-hydrogen) atoms. The molecule has 0 atom stereocenters. The van der Waals surface area contributed by atoms with Gasteiger partial charge in [0.1, 0.15) is 0 Å². The van der Waals surface area contributed by atoms with E-state index in [2.05, 4.69) is 0 Å². The average molecular weight is 193 g/mol. The third-order valence-electron chi connectivity index (χ3n) is 2.12. The second kappa shape index (κ2) is 4.61. The van der Waals surface area contributed by atoms with Gasteiger partial charge < -0.3 is 4.74 Å². The van der Waals surface area contributed by atoms with Crippen LogP contribution in [0.5, 0.6) is 5.75 Å². The molecule has 1 rings (SSSR count). The monoisotopic (exact) mass is 193 g/mol.